The van der Waals surface area contributed by atoms with E-state index in [1.54, 1.807) is 0 Å². The number of hydrogen-bond donors (Lipinski definition) is 1. The van der Waals surface area contributed by atoms with Crippen LogP contribution in [0.25, 0.3) is 0 Å². The predicted molar refractivity (Wildman–Crippen MR) is 81.4 cm³/mol. The Hall–Kier alpha value is -2.02. The van der Waals surface area contributed by atoms with Gasteiger partial charge in [-0.1, -0.05) is 30.4 Å². The van der Waals surface area contributed by atoms with Crippen molar-refractivity contribution >= 4 is 11.6 Å². The molecule has 0 aliphatic carbocycles. The van der Waals surface area contributed by atoms with Gasteiger partial charge in [0.05, 0.1) is 12.6 Å². The van der Waals surface area contributed by atoms with Crippen LogP contribution >= 0.6 is 0 Å². The molecule has 0 saturated carbocycles. The number of halogens is 3. The minimum absolute atomic E-state index is 0.0706. The maximum atomic E-state index is 12.4. The average Bonchev–Trinajstić information content (AvgIpc) is 3.23. The zero-order chi connectivity index (χ0) is 16.9. The number of fused-ring (bicyclic) bond motifs is 5. The number of para-hydroxylation sites is 1. The molecule has 1 aromatic rings. The molecule has 4 unspecified atom stereocenters. The molecule has 24 heavy (non-hydrogen) atoms. The second kappa shape index (κ2) is 5.24. The van der Waals surface area contributed by atoms with Gasteiger partial charge >= 0.3 is 12.1 Å². The summed E-state index contributed by atoms with van der Waals surface area (Å²) in [5, 5.41) is 1.99. The van der Waals surface area contributed by atoms with Crippen LogP contribution in [-0.4, -0.2) is 43.4 Å². The van der Waals surface area contributed by atoms with E-state index >= 15 is 0 Å². The van der Waals surface area contributed by atoms with Gasteiger partial charge in [-0.15, -0.1) is 0 Å². The fraction of sp³-hybridized carbons (Fsp3) is 0.471. The lowest BCUT2D eigenvalue weighted by Crippen LogP contribution is -2.49. The summed E-state index contributed by atoms with van der Waals surface area (Å²) in [4.78, 5) is 13.4. The van der Waals surface area contributed by atoms with Gasteiger partial charge in [0, 0.05) is 30.6 Å². The smallest absolute Gasteiger partial charge is 0.371 e. The van der Waals surface area contributed by atoms with Crippen LogP contribution in [0, 0.1) is 11.8 Å². The highest BCUT2D eigenvalue weighted by Gasteiger charge is 2.59. The first-order valence-electron chi connectivity index (χ1n) is 7.91. The monoisotopic (exact) mass is 338 g/mol. The number of benzene rings is 1. The van der Waals surface area contributed by atoms with Crippen LogP contribution in [-0.2, 0) is 9.53 Å². The lowest BCUT2D eigenvalue weighted by atomic mass is 9.77. The molecule has 4 rings (SSSR count). The third-order valence-electron chi connectivity index (χ3n) is 5.24. The predicted octanol–water partition coefficient (Wildman–Crippen LogP) is 2.12. The molecule has 1 amide bonds. The number of alkyl halides is 3. The van der Waals surface area contributed by atoms with Crippen LogP contribution in [0.4, 0.5) is 18.9 Å². The largest absolute Gasteiger partial charge is 0.471 e. The van der Waals surface area contributed by atoms with E-state index in [0.29, 0.717) is 6.54 Å². The highest BCUT2D eigenvalue weighted by atomic mass is 19.4. The number of amides is 1. The number of rotatable bonds is 3. The van der Waals surface area contributed by atoms with Crippen molar-refractivity contribution in [3.05, 3.63) is 42.5 Å². The molecule has 3 aliphatic rings. The molecule has 4 nitrogen and oxygen atoms in total. The Morgan fingerprint density at radius 2 is 2.04 bits per heavy atom. The fourth-order valence-electron chi connectivity index (χ4n) is 4.11. The minimum atomic E-state index is -4.87. The van der Waals surface area contributed by atoms with Crippen LogP contribution in [0.1, 0.15) is 0 Å². The first kappa shape index (κ1) is 15.5. The van der Waals surface area contributed by atoms with Gasteiger partial charge in [-0.2, -0.15) is 13.2 Å². The van der Waals surface area contributed by atoms with Crippen molar-refractivity contribution in [2.24, 2.45) is 11.8 Å². The Kier molecular flexibility index (Phi) is 3.38. The van der Waals surface area contributed by atoms with Gasteiger partial charge < -0.3 is 15.0 Å². The SMILES string of the molecule is O=C(NCC12C=CC(O1)C1CN(c3ccccc3)CC12)C(F)(F)F. The zero-order valence-electron chi connectivity index (χ0n) is 12.8. The molecule has 0 radical (unpaired) electrons. The van der Waals surface area contributed by atoms with Crippen molar-refractivity contribution in [3.63, 3.8) is 0 Å². The minimum Gasteiger partial charge on any atom is -0.371 e. The summed E-state index contributed by atoms with van der Waals surface area (Å²) in [6, 6.07) is 9.92. The molecular weight excluding hydrogens is 321 g/mol. The molecule has 1 aromatic carbocycles. The van der Waals surface area contributed by atoms with E-state index in [9.17, 15) is 18.0 Å². The van der Waals surface area contributed by atoms with Crippen molar-refractivity contribution in [2.75, 3.05) is 24.5 Å². The molecular formula is C17H17F3N2O2. The number of carbonyl (C=O) groups excluding carboxylic acids is 1. The number of hydrogen-bond acceptors (Lipinski definition) is 3. The number of ether oxygens (including phenoxy) is 1. The van der Waals surface area contributed by atoms with E-state index < -0.39 is 17.7 Å². The first-order valence-corrected chi connectivity index (χ1v) is 7.91. The van der Waals surface area contributed by atoms with Crippen molar-refractivity contribution in [3.8, 4) is 0 Å². The highest BCUT2D eigenvalue weighted by molar-refractivity contribution is 5.81. The molecule has 128 valence electrons. The topological polar surface area (TPSA) is 41.6 Å². The quantitative estimate of drug-likeness (QED) is 0.859. The van der Waals surface area contributed by atoms with Gasteiger partial charge in [0.1, 0.15) is 5.60 Å². The Bertz CT molecular complexity index is 676. The van der Waals surface area contributed by atoms with E-state index in [0.717, 1.165) is 12.2 Å². The average molecular weight is 338 g/mol. The lowest BCUT2D eigenvalue weighted by molar-refractivity contribution is -0.174. The van der Waals surface area contributed by atoms with Crippen molar-refractivity contribution in [1.82, 2.24) is 5.32 Å². The fourth-order valence-corrected chi connectivity index (χ4v) is 4.11. The molecule has 2 saturated heterocycles. The van der Waals surface area contributed by atoms with Crippen LogP contribution in [0.2, 0.25) is 0 Å². The molecule has 3 heterocycles. The third kappa shape index (κ3) is 2.38. The van der Waals surface area contributed by atoms with E-state index in [2.05, 4.69) is 4.90 Å². The van der Waals surface area contributed by atoms with Crippen LogP contribution < -0.4 is 10.2 Å². The number of nitrogens with zero attached hydrogens (tertiary/aromatic N) is 1. The van der Waals surface area contributed by atoms with Crippen molar-refractivity contribution < 1.29 is 22.7 Å². The van der Waals surface area contributed by atoms with Gasteiger partial charge in [0.25, 0.3) is 0 Å². The zero-order valence-corrected chi connectivity index (χ0v) is 12.8. The number of anilines is 1. The molecule has 2 fully saturated rings. The van der Waals surface area contributed by atoms with Gasteiger partial charge in [-0.25, -0.2) is 0 Å². The molecule has 4 atom stereocenters. The molecule has 1 N–H and O–H groups in total. The van der Waals surface area contributed by atoms with E-state index in [1.165, 1.54) is 0 Å². The summed E-state index contributed by atoms with van der Waals surface area (Å²) >= 11 is 0. The molecule has 0 aromatic heterocycles. The Morgan fingerprint density at radius 1 is 1.29 bits per heavy atom. The van der Waals surface area contributed by atoms with Gasteiger partial charge in [-0.05, 0) is 12.1 Å². The summed E-state index contributed by atoms with van der Waals surface area (Å²) in [7, 11) is 0. The van der Waals surface area contributed by atoms with E-state index in [1.807, 2.05) is 47.8 Å². The maximum absolute atomic E-state index is 12.4. The van der Waals surface area contributed by atoms with Crippen LogP contribution in [0.15, 0.2) is 42.5 Å². The van der Waals surface area contributed by atoms with Crippen LogP contribution in [0.3, 0.4) is 0 Å². The summed E-state index contributed by atoms with van der Waals surface area (Å²) in [5.74, 6) is -1.61. The number of nitrogens with one attached hydrogen (secondary N) is 1. The Labute approximate surface area is 137 Å². The molecule has 2 bridgehead atoms. The lowest BCUT2D eigenvalue weighted by Gasteiger charge is -2.31. The summed E-state index contributed by atoms with van der Waals surface area (Å²) in [5.41, 5.74) is 0.264. The summed E-state index contributed by atoms with van der Waals surface area (Å²) in [6.45, 7) is 1.36. The normalized spacial score (nSPS) is 33.8. The molecule has 3 aliphatic heterocycles. The molecule has 7 heteroatoms. The summed E-state index contributed by atoms with van der Waals surface area (Å²) in [6.07, 6.45) is -1.23. The summed E-state index contributed by atoms with van der Waals surface area (Å²) < 4.78 is 43.3. The Balaban J connectivity index is 1.49. The first-order chi connectivity index (χ1) is 11.4. The second-order valence-corrected chi connectivity index (χ2v) is 6.59. The standard InChI is InChI=1S/C17H17F3N2O2/c18-17(19,20)15(23)21-10-16-7-6-14(24-16)12-8-22(9-13(12)16)11-4-2-1-3-5-11/h1-7,12-14H,8-10H2,(H,21,23). The van der Waals surface area contributed by atoms with Gasteiger partial charge in [0.2, 0.25) is 0 Å². The van der Waals surface area contributed by atoms with Crippen LogP contribution in [0.5, 0.6) is 0 Å². The van der Waals surface area contributed by atoms with E-state index in [-0.39, 0.29) is 24.5 Å². The maximum Gasteiger partial charge on any atom is 0.471 e. The van der Waals surface area contributed by atoms with E-state index in [4.69, 9.17) is 4.74 Å². The third-order valence-corrected chi connectivity index (χ3v) is 5.24. The number of carbonyl (C=O) groups is 1. The van der Waals surface area contributed by atoms with Gasteiger partial charge in [-0.3, -0.25) is 4.79 Å². The van der Waals surface area contributed by atoms with Gasteiger partial charge in [0.15, 0.2) is 0 Å². The molecule has 0 spiro atoms. The van der Waals surface area contributed by atoms with Crippen molar-refractivity contribution in [2.45, 2.75) is 17.9 Å². The highest BCUT2D eigenvalue weighted by Crippen LogP contribution is 2.51. The second-order valence-electron chi connectivity index (χ2n) is 6.59. The van der Waals surface area contributed by atoms with Crippen molar-refractivity contribution in [1.29, 1.82) is 0 Å². The Morgan fingerprint density at radius 3 is 2.75 bits per heavy atom.